The number of carboxylic acid groups (broad SMARTS) is 2. The van der Waals surface area contributed by atoms with E-state index in [1.165, 1.54) is 5.56 Å². The summed E-state index contributed by atoms with van der Waals surface area (Å²) in [7, 11) is 3.12. The van der Waals surface area contributed by atoms with Gasteiger partial charge in [0.2, 0.25) is 6.79 Å². The monoisotopic (exact) mass is 474 g/mol. The Balaban J connectivity index is 0.000000481. The maximum absolute atomic E-state index is 13.0. The normalized spacial score (nSPS) is 14.6. The van der Waals surface area contributed by atoms with Crippen LogP contribution in [0.1, 0.15) is 15.9 Å². The summed E-state index contributed by atoms with van der Waals surface area (Å²) in [6.07, 6.45) is 0. The topological polar surface area (TPSA) is 135 Å². The van der Waals surface area contributed by atoms with Crippen molar-refractivity contribution in [3.63, 3.8) is 0 Å². The van der Waals surface area contributed by atoms with Gasteiger partial charge in [-0.2, -0.15) is 0 Å². The van der Waals surface area contributed by atoms with Gasteiger partial charge in [0.25, 0.3) is 5.91 Å². The SMILES string of the molecule is COc1cccc(C(=O)N2CCN(Cc3ccc4c(c3)OCO4)CC2)c1OC.O=C(O)C(=O)O. The number of benzene rings is 2. The number of ether oxygens (including phenoxy) is 4. The van der Waals surface area contributed by atoms with Gasteiger partial charge in [0.05, 0.1) is 19.8 Å². The smallest absolute Gasteiger partial charge is 0.414 e. The molecule has 0 aromatic heterocycles. The highest BCUT2D eigenvalue weighted by atomic mass is 16.7. The zero-order chi connectivity index (χ0) is 24.7. The number of rotatable bonds is 5. The summed E-state index contributed by atoms with van der Waals surface area (Å²) < 4.78 is 21.5. The van der Waals surface area contributed by atoms with Crippen LogP contribution in [0.3, 0.4) is 0 Å². The fourth-order valence-corrected chi connectivity index (χ4v) is 3.63. The van der Waals surface area contributed by atoms with Crippen LogP contribution in [0, 0.1) is 0 Å². The summed E-state index contributed by atoms with van der Waals surface area (Å²) in [6.45, 7) is 4.07. The molecule has 34 heavy (non-hydrogen) atoms. The van der Waals surface area contributed by atoms with Crippen molar-refractivity contribution in [2.24, 2.45) is 0 Å². The average molecular weight is 474 g/mol. The number of para-hydroxylation sites is 1. The van der Waals surface area contributed by atoms with Crippen molar-refractivity contribution in [3.8, 4) is 23.0 Å². The van der Waals surface area contributed by atoms with E-state index in [2.05, 4.69) is 11.0 Å². The van der Waals surface area contributed by atoms with Gasteiger partial charge in [0, 0.05) is 32.7 Å². The Labute approximate surface area is 196 Å². The summed E-state index contributed by atoms with van der Waals surface area (Å²) in [5, 5.41) is 14.8. The lowest BCUT2D eigenvalue weighted by molar-refractivity contribution is -0.159. The Morgan fingerprint density at radius 2 is 1.59 bits per heavy atom. The molecule has 2 aromatic rings. The molecule has 182 valence electrons. The number of amides is 1. The van der Waals surface area contributed by atoms with E-state index in [1.807, 2.05) is 23.1 Å². The minimum atomic E-state index is -1.82. The summed E-state index contributed by atoms with van der Waals surface area (Å²) in [5.41, 5.74) is 1.71. The summed E-state index contributed by atoms with van der Waals surface area (Å²) in [6, 6.07) is 11.4. The van der Waals surface area contributed by atoms with Gasteiger partial charge in [-0.05, 0) is 29.8 Å². The molecule has 0 atom stereocenters. The second-order valence-corrected chi connectivity index (χ2v) is 7.41. The maximum atomic E-state index is 13.0. The molecule has 1 amide bonds. The Hall–Kier alpha value is -3.99. The van der Waals surface area contributed by atoms with E-state index in [4.69, 9.17) is 38.7 Å². The van der Waals surface area contributed by atoms with Crippen LogP contribution in [-0.2, 0) is 16.1 Å². The van der Waals surface area contributed by atoms with E-state index in [0.717, 1.165) is 31.1 Å². The molecule has 0 bridgehead atoms. The number of fused-ring (bicyclic) bond motifs is 1. The van der Waals surface area contributed by atoms with Crippen molar-refractivity contribution >= 4 is 17.8 Å². The van der Waals surface area contributed by atoms with Crippen LogP contribution >= 0.6 is 0 Å². The standard InChI is InChI=1S/C21H24N2O5.C2H2O4/c1-25-18-5-3-4-16(20(18)26-2)21(24)23-10-8-22(9-11-23)13-15-6-7-17-19(12-15)28-14-27-17;3-1(4)2(5)6/h3-7,12H,8-11,13-14H2,1-2H3;(H,3,4)(H,5,6). The quantitative estimate of drug-likeness (QED) is 0.615. The highest BCUT2D eigenvalue weighted by Gasteiger charge is 2.26. The molecule has 0 aliphatic carbocycles. The number of piperazine rings is 1. The fraction of sp³-hybridized carbons (Fsp3) is 0.348. The minimum Gasteiger partial charge on any atom is -0.493 e. The summed E-state index contributed by atoms with van der Waals surface area (Å²) in [4.78, 5) is 35.4. The third-order valence-electron chi connectivity index (χ3n) is 5.32. The van der Waals surface area contributed by atoms with Crippen LogP contribution in [0.4, 0.5) is 0 Å². The van der Waals surface area contributed by atoms with Gasteiger partial charge in [-0.15, -0.1) is 0 Å². The average Bonchev–Trinajstić information content (AvgIpc) is 3.31. The van der Waals surface area contributed by atoms with E-state index in [1.54, 1.807) is 26.4 Å². The molecule has 11 heteroatoms. The van der Waals surface area contributed by atoms with Crippen LogP contribution in [0.25, 0.3) is 0 Å². The van der Waals surface area contributed by atoms with Crippen molar-refractivity contribution in [3.05, 3.63) is 47.5 Å². The maximum Gasteiger partial charge on any atom is 0.414 e. The molecular weight excluding hydrogens is 448 g/mol. The van der Waals surface area contributed by atoms with E-state index >= 15 is 0 Å². The molecule has 0 unspecified atom stereocenters. The van der Waals surface area contributed by atoms with Crippen molar-refractivity contribution in [1.29, 1.82) is 0 Å². The van der Waals surface area contributed by atoms with Gasteiger partial charge in [-0.25, -0.2) is 9.59 Å². The Morgan fingerprint density at radius 1 is 0.912 bits per heavy atom. The molecule has 0 radical (unpaired) electrons. The molecule has 1 saturated heterocycles. The van der Waals surface area contributed by atoms with E-state index in [0.29, 0.717) is 30.2 Å². The second-order valence-electron chi connectivity index (χ2n) is 7.41. The van der Waals surface area contributed by atoms with Crippen molar-refractivity contribution in [2.45, 2.75) is 6.54 Å². The predicted molar refractivity (Wildman–Crippen MR) is 119 cm³/mol. The molecule has 1 fully saturated rings. The Morgan fingerprint density at radius 3 is 2.21 bits per heavy atom. The van der Waals surface area contributed by atoms with Crippen LogP contribution in [0.15, 0.2) is 36.4 Å². The third-order valence-corrected chi connectivity index (χ3v) is 5.32. The molecule has 0 spiro atoms. The van der Waals surface area contributed by atoms with Crippen molar-refractivity contribution in [2.75, 3.05) is 47.2 Å². The highest BCUT2D eigenvalue weighted by molar-refractivity contribution is 6.27. The number of methoxy groups -OCH3 is 2. The molecule has 2 heterocycles. The first kappa shape index (κ1) is 24.6. The summed E-state index contributed by atoms with van der Waals surface area (Å²) >= 11 is 0. The van der Waals surface area contributed by atoms with Gasteiger partial charge >= 0.3 is 11.9 Å². The van der Waals surface area contributed by atoms with E-state index in [-0.39, 0.29) is 12.7 Å². The zero-order valence-electron chi connectivity index (χ0n) is 18.9. The molecule has 2 aromatic carbocycles. The zero-order valence-corrected chi connectivity index (χ0v) is 18.9. The van der Waals surface area contributed by atoms with Crippen molar-refractivity contribution in [1.82, 2.24) is 9.80 Å². The molecule has 4 rings (SSSR count). The lowest BCUT2D eigenvalue weighted by Crippen LogP contribution is -2.48. The number of carboxylic acids is 2. The van der Waals surface area contributed by atoms with Crippen LogP contribution in [0.2, 0.25) is 0 Å². The number of nitrogens with zero attached hydrogens (tertiary/aromatic N) is 2. The van der Waals surface area contributed by atoms with Gasteiger partial charge < -0.3 is 34.1 Å². The number of hydrogen-bond acceptors (Lipinski definition) is 8. The lowest BCUT2D eigenvalue weighted by atomic mass is 10.1. The lowest BCUT2D eigenvalue weighted by Gasteiger charge is -2.35. The highest BCUT2D eigenvalue weighted by Crippen LogP contribution is 2.33. The van der Waals surface area contributed by atoms with Gasteiger partial charge in [-0.1, -0.05) is 12.1 Å². The van der Waals surface area contributed by atoms with Gasteiger partial charge in [-0.3, -0.25) is 9.69 Å². The predicted octanol–water partition coefficient (Wildman–Crippen LogP) is 1.55. The van der Waals surface area contributed by atoms with E-state index < -0.39 is 11.9 Å². The van der Waals surface area contributed by atoms with Gasteiger partial charge in [0.15, 0.2) is 23.0 Å². The van der Waals surface area contributed by atoms with E-state index in [9.17, 15) is 4.79 Å². The first-order valence-corrected chi connectivity index (χ1v) is 10.4. The second kappa shape index (κ2) is 11.2. The Bertz CT molecular complexity index is 1040. The largest absolute Gasteiger partial charge is 0.493 e. The number of carbonyl (C=O) groups excluding carboxylic acids is 1. The Kier molecular flexibility index (Phi) is 8.14. The first-order valence-electron chi connectivity index (χ1n) is 10.4. The molecule has 11 nitrogen and oxygen atoms in total. The van der Waals surface area contributed by atoms with Crippen LogP contribution in [-0.4, -0.2) is 85.1 Å². The molecular formula is C23H26N2O9. The molecule has 0 saturated carbocycles. The number of aliphatic carboxylic acids is 2. The molecule has 2 N–H and O–H groups in total. The molecule has 2 aliphatic rings. The minimum absolute atomic E-state index is 0.0292. The van der Waals surface area contributed by atoms with Crippen molar-refractivity contribution < 1.29 is 43.5 Å². The number of hydrogen-bond donors (Lipinski definition) is 2. The first-order chi connectivity index (χ1) is 16.3. The van der Waals surface area contributed by atoms with Crippen LogP contribution in [0.5, 0.6) is 23.0 Å². The number of carbonyl (C=O) groups is 3. The molecule has 2 aliphatic heterocycles. The van der Waals surface area contributed by atoms with Crippen LogP contribution < -0.4 is 18.9 Å². The van der Waals surface area contributed by atoms with Gasteiger partial charge in [0.1, 0.15) is 0 Å². The fourth-order valence-electron chi connectivity index (χ4n) is 3.63. The summed E-state index contributed by atoms with van der Waals surface area (Å²) in [5.74, 6) is -1.03. The third kappa shape index (κ3) is 5.87.